The third kappa shape index (κ3) is 2.74. The maximum atomic E-state index is 11.0. The van der Waals surface area contributed by atoms with Crippen LogP contribution in [0.5, 0.6) is 0 Å². The lowest BCUT2D eigenvalue weighted by atomic mass is 10.1. The average Bonchev–Trinajstić information content (AvgIpc) is 2.41. The molecule has 0 radical (unpaired) electrons. The summed E-state index contributed by atoms with van der Waals surface area (Å²) in [5.41, 5.74) is 9.36. The Bertz CT molecular complexity index is 621. The number of carboxylic acids is 1. The first-order chi connectivity index (χ1) is 9.52. The van der Waals surface area contributed by atoms with Gasteiger partial charge in [-0.15, -0.1) is 0 Å². The first-order valence-electron chi connectivity index (χ1n) is 6.50. The second kappa shape index (κ2) is 5.65. The highest BCUT2D eigenvalue weighted by molar-refractivity contribution is 5.94. The maximum absolute atomic E-state index is 11.0. The SMILES string of the molecule is CCN(c1ccc(C)cc1)c1ccc(C(=O)O)c(N)c1. The van der Waals surface area contributed by atoms with Gasteiger partial charge in [-0.2, -0.15) is 0 Å². The molecule has 0 spiro atoms. The lowest BCUT2D eigenvalue weighted by Gasteiger charge is -2.24. The molecule has 0 bridgehead atoms. The van der Waals surface area contributed by atoms with Gasteiger partial charge in [-0.3, -0.25) is 0 Å². The van der Waals surface area contributed by atoms with Crippen molar-refractivity contribution in [3.8, 4) is 0 Å². The molecule has 2 aromatic rings. The van der Waals surface area contributed by atoms with Gasteiger partial charge in [0, 0.05) is 23.6 Å². The number of carbonyl (C=O) groups is 1. The number of aryl methyl sites for hydroxylation is 1. The Balaban J connectivity index is 2.39. The molecule has 0 unspecified atom stereocenters. The standard InChI is InChI=1S/C16H18N2O2/c1-3-18(12-6-4-11(2)5-7-12)13-8-9-14(16(19)20)15(17)10-13/h4-10H,3,17H2,1-2H3,(H,19,20). The molecule has 0 aromatic heterocycles. The number of rotatable bonds is 4. The Kier molecular flexibility index (Phi) is 3.94. The van der Waals surface area contributed by atoms with E-state index in [1.165, 1.54) is 5.56 Å². The topological polar surface area (TPSA) is 66.6 Å². The monoisotopic (exact) mass is 270 g/mol. The van der Waals surface area contributed by atoms with E-state index in [1.807, 2.05) is 38.1 Å². The predicted molar refractivity (Wildman–Crippen MR) is 81.7 cm³/mol. The van der Waals surface area contributed by atoms with E-state index in [-0.39, 0.29) is 11.3 Å². The number of carboxylic acid groups (broad SMARTS) is 1. The minimum Gasteiger partial charge on any atom is -0.478 e. The zero-order chi connectivity index (χ0) is 14.7. The second-order valence-corrected chi connectivity index (χ2v) is 4.66. The largest absolute Gasteiger partial charge is 0.478 e. The van der Waals surface area contributed by atoms with Crippen molar-refractivity contribution in [2.75, 3.05) is 17.2 Å². The van der Waals surface area contributed by atoms with Crippen molar-refractivity contribution in [1.82, 2.24) is 0 Å². The van der Waals surface area contributed by atoms with Gasteiger partial charge < -0.3 is 15.7 Å². The van der Waals surface area contributed by atoms with Crippen molar-refractivity contribution in [2.24, 2.45) is 0 Å². The van der Waals surface area contributed by atoms with Crippen LogP contribution in [0.4, 0.5) is 17.1 Å². The molecule has 0 saturated heterocycles. The Morgan fingerprint density at radius 2 is 1.75 bits per heavy atom. The first kappa shape index (κ1) is 13.9. The van der Waals surface area contributed by atoms with Crippen molar-refractivity contribution in [3.05, 3.63) is 53.6 Å². The molecule has 0 aliphatic rings. The van der Waals surface area contributed by atoms with Gasteiger partial charge in [0.15, 0.2) is 0 Å². The minimum absolute atomic E-state index is 0.133. The molecule has 2 aromatic carbocycles. The Morgan fingerprint density at radius 1 is 1.15 bits per heavy atom. The van der Waals surface area contributed by atoms with Gasteiger partial charge in [0.05, 0.1) is 5.56 Å². The van der Waals surface area contributed by atoms with E-state index in [9.17, 15) is 4.79 Å². The summed E-state index contributed by atoms with van der Waals surface area (Å²) >= 11 is 0. The summed E-state index contributed by atoms with van der Waals surface area (Å²) in [5.74, 6) is -1.01. The summed E-state index contributed by atoms with van der Waals surface area (Å²) in [6, 6.07) is 13.2. The van der Waals surface area contributed by atoms with Crippen LogP contribution in [0.3, 0.4) is 0 Å². The molecule has 0 aliphatic heterocycles. The van der Waals surface area contributed by atoms with Crippen LogP contribution in [0.25, 0.3) is 0 Å². The van der Waals surface area contributed by atoms with E-state index < -0.39 is 5.97 Å². The van der Waals surface area contributed by atoms with Crippen LogP contribution >= 0.6 is 0 Å². The molecule has 0 heterocycles. The van der Waals surface area contributed by atoms with Crippen molar-refractivity contribution in [2.45, 2.75) is 13.8 Å². The Morgan fingerprint density at radius 3 is 2.25 bits per heavy atom. The molecule has 2 rings (SSSR count). The fourth-order valence-corrected chi connectivity index (χ4v) is 2.15. The molecular weight excluding hydrogens is 252 g/mol. The van der Waals surface area contributed by atoms with Crippen LogP contribution < -0.4 is 10.6 Å². The quantitative estimate of drug-likeness (QED) is 0.835. The van der Waals surface area contributed by atoms with Crippen LogP contribution in [-0.4, -0.2) is 17.6 Å². The number of nitrogen functional groups attached to an aromatic ring is 1. The number of hydrogen-bond acceptors (Lipinski definition) is 3. The maximum Gasteiger partial charge on any atom is 0.337 e. The van der Waals surface area contributed by atoms with E-state index in [2.05, 4.69) is 4.90 Å². The number of nitrogens with zero attached hydrogens (tertiary/aromatic N) is 1. The Hall–Kier alpha value is -2.49. The Labute approximate surface area is 118 Å². The summed E-state index contributed by atoms with van der Waals surface area (Å²) in [5, 5.41) is 9.01. The van der Waals surface area contributed by atoms with Crippen LogP contribution in [0, 0.1) is 6.92 Å². The van der Waals surface area contributed by atoms with E-state index in [1.54, 1.807) is 18.2 Å². The summed E-state index contributed by atoms with van der Waals surface area (Å²) in [6.45, 7) is 4.86. The average molecular weight is 270 g/mol. The normalized spacial score (nSPS) is 10.3. The summed E-state index contributed by atoms with van der Waals surface area (Å²) < 4.78 is 0. The van der Waals surface area contributed by atoms with Crippen molar-refractivity contribution in [3.63, 3.8) is 0 Å². The molecule has 0 amide bonds. The molecule has 0 aliphatic carbocycles. The molecule has 4 heteroatoms. The van der Waals surface area contributed by atoms with Crippen LogP contribution in [0.1, 0.15) is 22.8 Å². The van der Waals surface area contributed by atoms with Crippen LogP contribution in [-0.2, 0) is 0 Å². The summed E-state index contributed by atoms with van der Waals surface area (Å²) in [4.78, 5) is 13.1. The number of aromatic carboxylic acids is 1. The molecule has 3 N–H and O–H groups in total. The van der Waals surface area contributed by atoms with E-state index >= 15 is 0 Å². The lowest BCUT2D eigenvalue weighted by Crippen LogP contribution is -2.16. The first-order valence-corrected chi connectivity index (χ1v) is 6.50. The fourth-order valence-electron chi connectivity index (χ4n) is 2.15. The summed E-state index contributed by atoms with van der Waals surface area (Å²) in [7, 11) is 0. The van der Waals surface area contributed by atoms with Gasteiger partial charge in [0.25, 0.3) is 0 Å². The van der Waals surface area contributed by atoms with Gasteiger partial charge in [-0.25, -0.2) is 4.79 Å². The zero-order valence-corrected chi connectivity index (χ0v) is 11.6. The molecule has 4 nitrogen and oxygen atoms in total. The smallest absolute Gasteiger partial charge is 0.337 e. The van der Waals surface area contributed by atoms with Gasteiger partial charge in [-0.05, 0) is 44.2 Å². The molecule has 0 saturated carbocycles. The highest BCUT2D eigenvalue weighted by Gasteiger charge is 2.12. The fraction of sp³-hybridized carbons (Fsp3) is 0.188. The van der Waals surface area contributed by atoms with E-state index in [0.29, 0.717) is 0 Å². The number of benzene rings is 2. The summed E-state index contributed by atoms with van der Waals surface area (Å²) in [6.07, 6.45) is 0. The number of hydrogen-bond donors (Lipinski definition) is 2. The molecule has 104 valence electrons. The molecular formula is C16H18N2O2. The zero-order valence-electron chi connectivity index (χ0n) is 11.6. The van der Waals surface area contributed by atoms with E-state index in [4.69, 9.17) is 10.8 Å². The van der Waals surface area contributed by atoms with Crippen molar-refractivity contribution in [1.29, 1.82) is 0 Å². The van der Waals surface area contributed by atoms with Crippen LogP contribution in [0.2, 0.25) is 0 Å². The third-order valence-corrected chi connectivity index (χ3v) is 3.24. The lowest BCUT2D eigenvalue weighted by molar-refractivity contribution is 0.0698. The molecule has 20 heavy (non-hydrogen) atoms. The van der Waals surface area contributed by atoms with E-state index in [0.717, 1.165) is 17.9 Å². The van der Waals surface area contributed by atoms with Crippen molar-refractivity contribution >= 4 is 23.0 Å². The number of nitrogens with two attached hydrogens (primary N) is 1. The third-order valence-electron chi connectivity index (χ3n) is 3.24. The number of anilines is 3. The highest BCUT2D eigenvalue weighted by atomic mass is 16.4. The van der Waals surface area contributed by atoms with Gasteiger partial charge in [0.2, 0.25) is 0 Å². The van der Waals surface area contributed by atoms with Gasteiger partial charge in [0.1, 0.15) is 0 Å². The molecule has 0 atom stereocenters. The highest BCUT2D eigenvalue weighted by Crippen LogP contribution is 2.28. The molecule has 0 fully saturated rings. The predicted octanol–water partition coefficient (Wildman–Crippen LogP) is 3.43. The van der Waals surface area contributed by atoms with Crippen LogP contribution in [0.15, 0.2) is 42.5 Å². The minimum atomic E-state index is -1.01. The van der Waals surface area contributed by atoms with Gasteiger partial charge in [-0.1, -0.05) is 17.7 Å². The van der Waals surface area contributed by atoms with Crippen molar-refractivity contribution < 1.29 is 9.90 Å². The van der Waals surface area contributed by atoms with Gasteiger partial charge >= 0.3 is 5.97 Å². The second-order valence-electron chi connectivity index (χ2n) is 4.66.